The molecule has 4 rings (SSSR count). The SMILES string of the molecule is CCOc1ccc(C2/C(=C(\O)c3ccc(OC(C)C)cc3)C(=O)C(=O)N2CCCN2CCOCC2)cc1. The molecule has 1 N–H and O–H groups in total. The highest BCUT2D eigenvalue weighted by Crippen LogP contribution is 2.40. The number of ketones is 1. The molecule has 198 valence electrons. The third-order valence-electron chi connectivity index (χ3n) is 6.52. The maximum atomic E-state index is 13.3. The van der Waals surface area contributed by atoms with E-state index in [1.165, 1.54) is 0 Å². The lowest BCUT2D eigenvalue weighted by molar-refractivity contribution is -0.140. The summed E-state index contributed by atoms with van der Waals surface area (Å²) in [5.41, 5.74) is 1.30. The second kappa shape index (κ2) is 12.3. The molecule has 2 saturated heterocycles. The van der Waals surface area contributed by atoms with Crippen LogP contribution in [0.2, 0.25) is 0 Å². The summed E-state index contributed by atoms with van der Waals surface area (Å²) in [4.78, 5) is 30.4. The predicted octanol–water partition coefficient (Wildman–Crippen LogP) is 4.02. The molecule has 2 fully saturated rings. The average Bonchev–Trinajstić information content (AvgIpc) is 3.15. The lowest BCUT2D eigenvalue weighted by atomic mass is 9.95. The summed E-state index contributed by atoms with van der Waals surface area (Å²) in [5.74, 6) is -0.0918. The van der Waals surface area contributed by atoms with E-state index in [0.717, 1.165) is 25.2 Å². The van der Waals surface area contributed by atoms with E-state index in [4.69, 9.17) is 14.2 Å². The van der Waals surface area contributed by atoms with E-state index in [0.29, 0.717) is 49.8 Å². The largest absolute Gasteiger partial charge is 0.507 e. The second-order valence-electron chi connectivity index (χ2n) is 9.49. The van der Waals surface area contributed by atoms with Crippen molar-refractivity contribution in [2.75, 3.05) is 46.0 Å². The standard InChI is InChI=1S/C29H36N2O6/c1-4-36-23-10-6-21(7-11-23)26-25(27(32)22-8-12-24(13-9-22)37-20(2)3)28(33)29(34)31(26)15-5-14-30-16-18-35-19-17-30/h6-13,20,26,32H,4-5,14-19H2,1-3H3/b27-25+. The van der Waals surface area contributed by atoms with Crippen LogP contribution in [0, 0.1) is 0 Å². The van der Waals surface area contributed by atoms with Crippen LogP contribution >= 0.6 is 0 Å². The van der Waals surface area contributed by atoms with E-state index in [9.17, 15) is 14.7 Å². The maximum Gasteiger partial charge on any atom is 0.295 e. The molecule has 0 radical (unpaired) electrons. The van der Waals surface area contributed by atoms with E-state index < -0.39 is 17.7 Å². The number of hydrogen-bond donors (Lipinski definition) is 1. The van der Waals surface area contributed by atoms with Gasteiger partial charge in [-0.3, -0.25) is 14.5 Å². The maximum absolute atomic E-state index is 13.3. The zero-order valence-corrected chi connectivity index (χ0v) is 21.8. The summed E-state index contributed by atoms with van der Waals surface area (Å²) in [7, 11) is 0. The number of carbonyl (C=O) groups excluding carboxylic acids is 2. The lowest BCUT2D eigenvalue weighted by Gasteiger charge is -2.29. The number of aliphatic hydroxyl groups excluding tert-OH is 1. The van der Waals surface area contributed by atoms with Crippen LogP contribution in [0.5, 0.6) is 11.5 Å². The number of aliphatic hydroxyl groups is 1. The van der Waals surface area contributed by atoms with E-state index in [1.54, 1.807) is 29.2 Å². The van der Waals surface area contributed by atoms with E-state index in [1.807, 2.05) is 45.0 Å². The van der Waals surface area contributed by atoms with Crippen molar-refractivity contribution < 1.29 is 28.9 Å². The first-order valence-corrected chi connectivity index (χ1v) is 13.0. The third kappa shape index (κ3) is 6.32. The molecule has 1 unspecified atom stereocenters. The van der Waals surface area contributed by atoms with Crippen LogP contribution in [0.4, 0.5) is 0 Å². The second-order valence-corrected chi connectivity index (χ2v) is 9.49. The molecule has 2 aromatic rings. The van der Waals surface area contributed by atoms with Gasteiger partial charge in [-0.05, 0) is 69.2 Å². The van der Waals surface area contributed by atoms with Crippen molar-refractivity contribution in [1.29, 1.82) is 0 Å². The van der Waals surface area contributed by atoms with Gasteiger partial charge in [0.25, 0.3) is 11.7 Å². The molecule has 8 nitrogen and oxygen atoms in total. The van der Waals surface area contributed by atoms with Crippen molar-refractivity contribution in [2.24, 2.45) is 0 Å². The molecule has 1 atom stereocenters. The fourth-order valence-corrected chi connectivity index (χ4v) is 4.78. The van der Waals surface area contributed by atoms with Crippen molar-refractivity contribution >= 4 is 17.4 Å². The zero-order valence-electron chi connectivity index (χ0n) is 21.8. The normalized spacial score (nSPS) is 20.0. The molecule has 0 bridgehead atoms. The summed E-state index contributed by atoms with van der Waals surface area (Å²) >= 11 is 0. The minimum absolute atomic E-state index is 0.0156. The number of nitrogens with zero attached hydrogens (tertiary/aromatic N) is 2. The van der Waals surface area contributed by atoms with Crippen molar-refractivity contribution in [3.63, 3.8) is 0 Å². The van der Waals surface area contributed by atoms with Gasteiger partial charge in [0.1, 0.15) is 17.3 Å². The van der Waals surface area contributed by atoms with Gasteiger partial charge in [0.05, 0.1) is 37.5 Å². The first kappa shape index (κ1) is 26.7. The molecular weight excluding hydrogens is 472 g/mol. The molecule has 2 aliphatic heterocycles. The number of rotatable bonds is 10. The van der Waals surface area contributed by atoms with Crippen LogP contribution in [0.1, 0.15) is 44.4 Å². The summed E-state index contributed by atoms with van der Waals surface area (Å²) in [6, 6.07) is 13.6. The fourth-order valence-electron chi connectivity index (χ4n) is 4.78. The number of ether oxygens (including phenoxy) is 3. The molecule has 0 spiro atoms. The van der Waals surface area contributed by atoms with Gasteiger partial charge >= 0.3 is 0 Å². The van der Waals surface area contributed by atoms with Gasteiger partial charge in [-0.15, -0.1) is 0 Å². The zero-order chi connectivity index (χ0) is 26.4. The number of hydrogen-bond acceptors (Lipinski definition) is 7. The predicted molar refractivity (Wildman–Crippen MR) is 141 cm³/mol. The minimum atomic E-state index is -0.688. The van der Waals surface area contributed by atoms with Gasteiger partial charge in [0.2, 0.25) is 0 Å². The first-order valence-electron chi connectivity index (χ1n) is 13.0. The molecule has 0 aliphatic carbocycles. The van der Waals surface area contributed by atoms with Crippen molar-refractivity contribution in [3.05, 3.63) is 65.2 Å². The topological polar surface area (TPSA) is 88.5 Å². The highest BCUT2D eigenvalue weighted by molar-refractivity contribution is 6.46. The van der Waals surface area contributed by atoms with Crippen molar-refractivity contribution in [3.8, 4) is 11.5 Å². The monoisotopic (exact) mass is 508 g/mol. The molecule has 2 aliphatic rings. The first-order chi connectivity index (χ1) is 17.9. The van der Waals surface area contributed by atoms with E-state index >= 15 is 0 Å². The number of likely N-dealkylation sites (tertiary alicyclic amines) is 1. The fraction of sp³-hybridized carbons (Fsp3) is 0.448. The van der Waals surface area contributed by atoms with Crippen molar-refractivity contribution in [1.82, 2.24) is 9.80 Å². The highest BCUT2D eigenvalue weighted by Gasteiger charge is 2.45. The van der Waals surface area contributed by atoms with Crippen LogP contribution in [-0.2, 0) is 14.3 Å². The molecule has 8 heteroatoms. The minimum Gasteiger partial charge on any atom is -0.507 e. The van der Waals surface area contributed by atoms with Gasteiger partial charge < -0.3 is 24.2 Å². The molecule has 37 heavy (non-hydrogen) atoms. The Kier molecular flexibility index (Phi) is 8.84. The molecule has 2 aromatic carbocycles. The third-order valence-corrected chi connectivity index (χ3v) is 6.52. The van der Waals surface area contributed by atoms with Crippen LogP contribution in [0.3, 0.4) is 0 Å². The molecule has 0 aromatic heterocycles. The quantitative estimate of drug-likeness (QED) is 0.295. The van der Waals surface area contributed by atoms with E-state index in [2.05, 4.69) is 4.90 Å². The average molecular weight is 509 g/mol. The Morgan fingerprint density at radius 1 is 1.00 bits per heavy atom. The molecular formula is C29H36N2O6. The number of Topliss-reactive ketones (excluding diaryl/α,β-unsaturated/α-hetero) is 1. The number of carbonyl (C=O) groups is 2. The van der Waals surface area contributed by atoms with Crippen LogP contribution in [0.15, 0.2) is 54.1 Å². The van der Waals surface area contributed by atoms with Crippen molar-refractivity contribution in [2.45, 2.75) is 39.3 Å². The van der Waals surface area contributed by atoms with Gasteiger partial charge in [-0.25, -0.2) is 0 Å². The van der Waals surface area contributed by atoms with E-state index in [-0.39, 0.29) is 17.4 Å². The Morgan fingerprint density at radius 3 is 2.27 bits per heavy atom. The number of morpholine rings is 1. The van der Waals surface area contributed by atoms with Crippen LogP contribution in [0.25, 0.3) is 5.76 Å². The Labute approximate surface area is 218 Å². The molecule has 1 amide bonds. The highest BCUT2D eigenvalue weighted by atomic mass is 16.5. The molecule has 2 heterocycles. The van der Waals surface area contributed by atoms with Gasteiger partial charge in [-0.2, -0.15) is 0 Å². The van der Waals surface area contributed by atoms with Gasteiger partial charge in [0, 0.05) is 31.7 Å². The Balaban J connectivity index is 1.65. The van der Waals surface area contributed by atoms with Gasteiger partial charge in [-0.1, -0.05) is 12.1 Å². The Hall–Kier alpha value is -3.36. The number of benzene rings is 2. The summed E-state index contributed by atoms with van der Waals surface area (Å²) in [6.07, 6.45) is 0.726. The van der Waals surface area contributed by atoms with Crippen LogP contribution < -0.4 is 9.47 Å². The van der Waals surface area contributed by atoms with Crippen LogP contribution in [-0.4, -0.2) is 78.7 Å². The Bertz CT molecular complexity index is 1100. The number of amides is 1. The lowest BCUT2D eigenvalue weighted by Crippen LogP contribution is -2.38. The summed E-state index contributed by atoms with van der Waals surface area (Å²) in [6.45, 7) is 10.7. The summed E-state index contributed by atoms with van der Waals surface area (Å²) in [5, 5.41) is 11.3. The van der Waals surface area contributed by atoms with Gasteiger partial charge in [0.15, 0.2) is 0 Å². The summed E-state index contributed by atoms with van der Waals surface area (Å²) < 4.78 is 16.7. The Morgan fingerprint density at radius 2 is 1.65 bits per heavy atom. The smallest absolute Gasteiger partial charge is 0.295 e. The molecule has 0 saturated carbocycles.